The third-order valence-corrected chi connectivity index (χ3v) is 4.48. The number of rotatable bonds is 6. The van der Waals surface area contributed by atoms with Gasteiger partial charge in [0, 0.05) is 32.6 Å². The van der Waals surface area contributed by atoms with Gasteiger partial charge in [0.1, 0.15) is 5.82 Å². The standard InChI is InChI=1S/C18H25FN2O2/c1-3-20(4-2)18(23)15-8-9-17(22)21(13-15)11-10-14-6-5-7-16(19)12-14/h5-7,12,15H,3-4,8-11,13H2,1-2H3/t15-/m1/s1. The molecule has 23 heavy (non-hydrogen) atoms. The van der Waals surface area contributed by atoms with E-state index in [1.165, 1.54) is 12.1 Å². The van der Waals surface area contributed by atoms with Crippen molar-refractivity contribution >= 4 is 11.8 Å². The number of nitrogens with zero attached hydrogens (tertiary/aromatic N) is 2. The van der Waals surface area contributed by atoms with Gasteiger partial charge in [0.05, 0.1) is 5.92 Å². The van der Waals surface area contributed by atoms with Crippen molar-refractivity contribution in [3.63, 3.8) is 0 Å². The number of hydrogen-bond donors (Lipinski definition) is 0. The molecule has 0 radical (unpaired) electrons. The van der Waals surface area contributed by atoms with Crippen molar-refractivity contribution in [2.45, 2.75) is 33.1 Å². The van der Waals surface area contributed by atoms with E-state index in [0.717, 1.165) is 5.56 Å². The van der Waals surface area contributed by atoms with Gasteiger partial charge in [-0.1, -0.05) is 12.1 Å². The summed E-state index contributed by atoms with van der Waals surface area (Å²) in [6.07, 6.45) is 1.65. The fourth-order valence-electron chi connectivity index (χ4n) is 3.08. The Morgan fingerprint density at radius 2 is 2.09 bits per heavy atom. The Labute approximate surface area is 137 Å². The van der Waals surface area contributed by atoms with Gasteiger partial charge in [-0.05, 0) is 44.4 Å². The fourth-order valence-corrected chi connectivity index (χ4v) is 3.08. The molecule has 2 rings (SSSR count). The minimum Gasteiger partial charge on any atom is -0.343 e. The predicted octanol–water partition coefficient (Wildman–Crippen LogP) is 2.48. The van der Waals surface area contributed by atoms with E-state index in [9.17, 15) is 14.0 Å². The molecular formula is C18H25FN2O2. The second-order valence-corrected chi connectivity index (χ2v) is 5.97. The first-order valence-corrected chi connectivity index (χ1v) is 8.36. The molecule has 1 saturated heterocycles. The first-order chi connectivity index (χ1) is 11.0. The van der Waals surface area contributed by atoms with Gasteiger partial charge in [0.25, 0.3) is 0 Å². The van der Waals surface area contributed by atoms with Crippen molar-refractivity contribution in [1.29, 1.82) is 0 Å². The zero-order chi connectivity index (χ0) is 16.8. The number of benzene rings is 1. The van der Waals surface area contributed by atoms with E-state index in [-0.39, 0.29) is 23.5 Å². The van der Waals surface area contributed by atoms with Gasteiger partial charge in [-0.25, -0.2) is 4.39 Å². The molecule has 1 fully saturated rings. The maximum absolute atomic E-state index is 13.2. The summed E-state index contributed by atoms with van der Waals surface area (Å²) < 4.78 is 13.2. The highest BCUT2D eigenvalue weighted by Crippen LogP contribution is 2.20. The summed E-state index contributed by atoms with van der Waals surface area (Å²) in [5.74, 6) is -0.148. The van der Waals surface area contributed by atoms with Crippen LogP contribution in [-0.2, 0) is 16.0 Å². The first-order valence-electron chi connectivity index (χ1n) is 8.36. The molecule has 0 saturated carbocycles. The van der Waals surface area contributed by atoms with Crippen molar-refractivity contribution < 1.29 is 14.0 Å². The topological polar surface area (TPSA) is 40.6 Å². The molecule has 5 heteroatoms. The molecule has 1 atom stereocenters. The molecule has 2 amide bonds. The van der Waals surface area contributed by atoms with Crippen molar-refractivity contribution in [2.75, 3.05) is 26.2 Å². The zero-order valence-electron chi connectivity index (χ0n) is 13.9. The van der Waals surface area contributed by atoms with Crippen LogP contribution in [0.15, 0.2) is 24.3 Å². The minimum absolute atomic E-state index is 0.0880. The Bertz CT molecular complexity index is 558. The molecule has 0 aromatic heterocycles. The molecule has 0 N–H and O–H groups in total. The number of carbonyl (C=O) groups is 2. The van der Waals surface area contributed by atoms with E-state index in [2.05, 4.69) is 0 Å². The third-order valence-electron chi connectivity index (χ3n) is 4.48. The molecule has 0 spiro atoms. The van der Waals surface area contributed by atoms with Gasteiger partial charge >= 0.3 is 0 Å². The van der Waals surface area contributed by atoms with Crippen molar-refractivity contribution in [3.8, 4) is 0 Å². The quantitative estimate of drug-likeness (QED) is 0.808. The highest BCUT2D eigenvalue weighted by molar-refractivity contribution is 5.83. The summed E-state index contributed by atoms with van der Waals surface area (Å²) in [6.45, 7) is 6.34. The van der Waals surface area contributed by atoms with Gasteiger partial charge in [-0.15, -0.1) is 0 Å². The highest BCUT2D eigenvalue weighted by Gasteiger charge is 2.31. The molecule has 0 aliphatic carbocycles. The van der Waals surface area contributed by atoms with E-state index in [1.54, 1.807) is 11.0 Å². The van der Waals surface area contributed by atoms with Crippen LogP contribution in [0, 0.1) is 11.7 Å². The van der Waals surface area contributed by atoms with Crippen molar-refractivity contribution in [3.05, 3.63) is 35.6 Å². The molecule has 4 nitrogen and oxygen atoms in total. The Hall–Kier alpha value is -1.91. The molecule has 1 aliphatic rings. The lowest BCUT2D eigenvalue weighted by Gasteiger charge is -2.34. The van der Waals surface area contributed by atoms with Crippen LogP contribution in [0.1, 0.15) is 32.3 Å². The molecule has 1 heterocycles. The SMILES string of the molecule is CCN(CC)C(=O)[C@@H]1CCC(=O)N(CCc2cccc(F)c2)C1. The van der Waals surface area contributed by atoms with Crippen LogP contribution in [-0.4, -0.2) is 47.8 Å². The Balaban J connectivity index is 1.95. The second-order valence-electron chi connectivity index (χ2n) is 5.97. The monoisotopic (exact) mass is 320 g/mol. The van der Waals surface area contributed by atoms with E-state index in [4.69, 9.17) is 0 Å². The molecule has 1 aromatic carbocycles. The van der Waals surface area contributed by atoms with Crippen LogP contribution < -0.4 is 0 Å². The summed E-state index contributed by atoms with van der Waals surface area (Å²) in [4.78, 5) is 28.1. The lowest BCUT2D eigenvalue weighted by atomic mass is 9.95. The van der Waals surface area contributed by atoms with Gasteiger partial charge in [0.15, 0.2) is 0 Å². The van der Waals surface area contributed by atoms with Gasteiger partial charge in [-0.3, -0.25) is 9.59 Å². The summed E-state index contributed by atoms with van der Waals surface area (Å²) >= 11 is 0. The van der Waals surface area contributed by atoms with Gasteiger partial charge in [-0.2, -0.15) is 0 Å². The first kappa shape index (κ1) is 17.4. The van der Waals surface area contributed by atoms with E-state index in [0.29, 0.717) is 45.4 Å². The van der Waals surface area contributed by atoms with Crippen LogP contribution in [0.5, 0.6) is 0 Å². The van der Waals surface area contributed by atoms with Crippen molar-refractivity contribution in [1.82, 2.24) is 9.80 Å². The summed E-state index contributed by atoms with van der Waals surface area (Å²) in [5, 5.41) is 0. The number of likely N-dealkylation sites (tertiary alicyclic amines) is 1. The van der Waals surface area contributed by atoms with Gasteiger partial charge < -0.3 is 9.80 Å². The van der Waals surface area contributed by atoms with Crippen LogP contribution in [0.25, 0.3) is 0 Å². The summed E-state index contributed by atoms with van der Waals surface area (Å²) in [6, 6.07) is 6.44. The number of amides is 2. The largest absolute Gasteiger partial charge is 0.343 e. The third kappa shape index (κ3) is 4.53. The predicted molar refractivity (Wildman–Crippen MR) is 87.3 cm³/mol. The zero-order valence-corrected chi connectivity index (χ0v) is 13.9. The number of carbonyl (C=O) groups excluding carboxylic acids is 2. The highest BCUT2D eigenvalue weighted by atomic mass is 19.1. The number of hydrogen-bond acceptors (Lipinski definition) is 2. The summed E-state index contributed by atoms with van der Waals surface area (Å²) in [5.41, 5.74) is 0.870. The minimum atomic E-state index is -0.262. The maximum atomic E-state index is 13.2. The average Bonchev–Trinajstić information content (AvgIpc) is 2.55. The average molecular weight is 320 g/mol. The number of piperidine rings is 1. The molecule has 1 aliphatic heterocycles. The Morgan fingerprint density at radius 3 is 2.74 bits per heavy atom. The smallest absolute Gasteiger partial charge is 0.227 e. The normalized spacial score (nSPS) is 18.1. The lowest BCUT2D eigenvalue weighted by Crippen LogP contribution is -2.47. The van der Waals surface area contributed by atoms with Crippen molar-refractivity contribution in [2.24, 2.45) is 5.92 Å². The van der Waals surface area contributed by atoms with Crippen LogP contribution in [0.2, 0.25) is 0 Å². The van der Waals surface area contributed by atoms with Crippen LogP contribution in [0.3, 0.4) is 0 Å². The Kier molecular flexibility index (Phi) is 6.13. The molecule has 0 bridgehead atoms. The second kappa shape index (κ2) is 8.09. The van der Waals surface area contributed by atoms with Crippen LogP contribution >= 0.6 is 0 Å². The summed E-state index contributed by atoms with van der Waals surface area (Å²) in [7, 11) is 0. The van der Waals surface area contributed by atoms with Gasteiger partial charge in [0.2, 0.25) is 11.8 Å². The molecule has 0 unspecified atom stereocenters. The molecular weight excluding hydrogens is 295 g/mol. The van der Waals surface area contributed by atoms with Crippen LogP contribution in [0.4, 0.5) is 4.39 Å². The Morgan fingerprint density at radius 1 is 1.35 bits per heavy atom. The van der Waals surface area contributed by atoms with E-state index in [1.807, 2.05) is 24.8 Å². The van der Waals surface area contributed by atoms with E-state index < -0.39 is 0 Å². The fraction of sp³-hybridized carbons (Fsp3) is 0.556. The molecule has 126 valence electrons. The molecule has 1 aromatic rings. The van der Waals surface area contributed by atoms with E-state index >= 15 is 0 Å². The number of halogens is 1. The lowest BCUT2D eigenvalue weighted by molar-refractivity contribution is -0.142. The maximum Gasteiger partial charge on any atom is 0.227 e.